The second-order valence-electron chi connectivity index (χ2n) is 4.67. The summed E-state index contributed by atoms with van der Waals surface area (Å²) in [7, 11) is 0. The maximum atomic E-state index is 12.2. The van der Waals surface area contributed by atoms with Crippen molar-refractivity contribution in [2.75, 3.05) is 31.5 Å². The fraction of sp³-hybridized carbons (Fsp3) is 0.500. The molecule has 1 heterocycles. The first-order valence-electron chi connectivity index (χ1n) is 6.58. The van der Waals surface area contributed by atoms with Crippen molar-refractivity contribution in [1.29, 1.82) is 0 Å². The first-order chi connectivity index (χ1) is 8.77. The Labute approximate surface area is 108 Å². The lowest BCUT2D eigenvalue weighted by atomic mass is 10.2. The molecule has 98 valence electrons. The molecule has 4 heteroatoms. The van der Waals surface area contributed by atoms with Crippen molar-refractivity contribution < 1.29 is 4.79 Å². The number of hydrogen-bond acceptors (Lipinski definition) is 3. The number of amides is 1. The average Bonchev–Trinajstić information content (AvgIpc) is 2.68. The predicted octanol–water partition coefficient (Wildman–Crippen LogP) is 1.31. The number of carbonyl (C=O) groups is 1. The summed E-state index contributed by atoms with van der Waals surface area (Å²) in [5.74, 6) is 0.0723. The molecule has 1 unspecified atom stereocenters. The van der Waals surface area contributed by atoms with E-state index in [1.165, 1.54) is 0 Å². The number of hydrogen-bond donors (Lipinski definition) is 2. The van der Waals surface area contributed by atoms with Crippen LogP contribution in [0.2, 0.25) is 0 Å². The fourth-order valence-corrected chi connectivity index (χ4v) is 2.19. The molecule has 1 aliphatic heterocycles. The zero-order valence-electron chi connectivity index (χ0n) is 10.9. The number of rotatable bonds is 3. The summed E-state index contributed by atoms with van der Waals surface area (Å²) >= 11 is 0. The molecule has 1 aromatic rings. The summed E-state index contributed by atoms with van der Waals surface area (Å²) in [6, 6.07) is 9.54. The molecule has 0 aromatic heterocycles. The fourth-order valence-electron chi connectivity index (χ4n) is 2.19. The molecule has 1 amide bonds. The molecule has 0 saturated carbocycles. The molecular formula is C14H21N3O. The van der Waals surface area contributed by atoms with Crippen LogP contribution in [0.3, 0.4) is 0 Å². The molecule has 1 aliphatic rings. The SMILES string of the molecule is CC(C(=O)Nc1ccccc1)N1CCCNCC1. The second kappa shape index (κ2) is 6.52. The van der Waals surface area contributed by atoms with Crippen LogP contribution in [0, 0.1) is 0 Å². The van der Waals surface area contributed by atoms with Gasteiger partial charge in [0.15, 0.2) is 0 Å². The van der Waals surface area contributed by atoms with E-state index < -0.39 is 0 Å². The number of benzene rings is 1. The zero-order chi connectivity index (χ0) is 12.8. The van der Waals surface area contributed by atoms with E-state index in [4.69, 9.17) is 0 Å². The molecule has 1 aromatic carbocycles. The van der Waals surface area contributed by atoms with Crippen LogP contribution in [0.1, 0.15) is 13.3 Å². The highest BCUT2D eigenvalue weighted by molar-refractivity contribution is 5.94. The van der Waals surface area contributed by atoms with E-state index in [-0.39, 0.29) is 11.9 Å². The molecule has 2 N–H and O–H groups in total. The van der Waals surface area contributed by atoms with Crippen molar-refractivity contribution >= 4 is 11.6 Å². The lowest BCUT2D eigenvalue weighted by Gasteiger charge is -2.26. The molecule has 0 bridgehead atoms. The Morgan fingerprint density at radius 1 is 1.28 bits per heavy atom. The summed E-state index contributed by atoms with van der Waals surface area (Å²) in [6.45, 7) is 5.90. The quantitative estimate of drug-likeness (QED) is 0.846. The van der Waals surface area contributed by atoms with Gasteiger partial charge < -0.3 is 10.6 Å². The van der Waals surface area contributed by atoms with Gasteiger partial charge in [0.1, 0.15) is 0 Å². The average molecular weight is 247 g/mol. The van der Waals surface area contributed by atoms with Crippen LogP contribution >= 0.6 is 0 Å². The minimum absolute atomic E-state index is 0.0723. The van der Waals surface area contributed by atoms with Crippen LogP contribution in [0.4, 0.5) is 5.69 Å². The maximum absolute atomic E-state index is 12.2. The Balaban J connectivity index is 1.91. The van der Waals surface area contributed by atoms with Crippen LogP contribution in [0.15, 0.2) is 30.3 Å². The molecule has 1 atom stereocenters. The third-order valence-corrected chi connectivity index (χ3v) is 3.34. The predicted molar refractivity (Wildman–Crippen MR) is 73.6 cm³/mol. The number of carbonyl (C=O) groups excluding carboxylic acids is 1. The summed E-state index contributed by atoms with van der Waals surface area (Å²) in [6.07, 6.45) is 1.10. The van der Waals surface area contributed by atoms with Crippen LogP contribution in [0.5, 0.6) is 0 Å². The third kappa shape index (κ3) is 3.55. The summed E-state index contributed by atoms with van der Waals surface area (Å²) in [5, 5.41) is 6.31. The molecule has 0 radical (unpaired) electrons. The minimum atomic E-state index is -0.0786. The first-order valence-corrected chi connectivity index (χ1v) is 6.58. The third-order valence-electron chi connectivity index (χ3n) is 3.34. The van der Waals surface area contributed by atoms with E-state index in [0.717, 1.165) is 38.3 Å². The highest BCUT2D eigenvalue weighted by atomic mass is 16.2. The first kappa shape index (κ1) is 13.1. The van der Waals surface area contributed by atoms with Gasteiger partial charge in [0, 0.05) is 25.3 Å². The number of nitrogens with zero attached hydrogens (tertiary/aromatic N) is 1. The van der Waals surface area contributed by atoms with Gasteiger partial charge in [-0.25, -0.2) is 0 Å². The van der Waals surface area contributed by atoms with Crippen LogP contribution in [-0.2, 0) is 4.79 Å². The van der Waals surface area contributed by atoms with Gasteiger partial charge in [-0.2, -0.15) is 0 Å². The molecule has 0 spiro atoms. The molecule has 1 fully saturated rings. The largest absolute Gasteiger partial charge is 0.325 e. The van der Waals surface area contributed by atoms with Gasteiger partial charge >= 0.3 is 0 Å². The van der Waals surface area contributed by atoms with Gasteiger partial charge in [-0.05, 0) is 32.0 Å². The van der Waals surface area contributed by atoms with E-state index in [9.17, 15) is 4.79 Å². The summed E-state index contributed by atoms with van der Waals surface area (Å²) in [4.78, 5) is 14.4. The van der Waals surface area contributed by atoms with Crippen molar-refractivity contribution in [1.82, 2.24) is 10.2 Å². The van der Waals surface area contributed by atoms with Gasteiger partial charge in [0.2, 0.25) is 5.91 Å². The van der Waals surface area contributed by atoms with E-state index in [1.807, 2.05) is 37.3 Å². The summed E-state index contributed by atoms with van der Waals surface area (Å²) < 4.78 is 0. The molecule has 4 nitrogen and oxygen atoms in total. The van der Waals surface area contributed by atoms with Crippen molar-refractivity contribution in [3.8, 4) is 0 Å². The van der Waals surface area contributed by atoms with Crippen LogP contribution in [0.25, 0.3) is 0 Å². The monoisotopic (exact) mass is 247 g/mol. The Morgan fingerprint density at radius 3 is 2.83 bits per heavy atom. The van der Waals surface area contributed by atoms with Crippen molar-refractivity contribution in [3.63, 3.8) is 0 Å². The van der Waals surface area contributed by atoms with Crippen LogP contribution in [-0.4, -0.2) is 43.0 Å². The maximum Gasteiger partial charge on any atom is 0.241 e. The van der Waals surface area contributed by atoms with Gasteiger partial charge in [-0.15, -0.1) is 0 Å². The number of nitrogens with one attached hydrogen (secondary N) is 2. The standard InChI is InChI=1S/C14H21N3O/c1-12(17-10-5-8-15-9-11-17)14(18)16-13-6-3-2-4-7-13/h2-4,6-7,12,15H,5,8-11H2,1H3,(H,16,18). The van der Waals surface area contributed by atoms with E-state index in [1.54, 1.807) is 0 Å². The number of anilines is 1. The Bertz CT molecular complexity index is 372. The molecular weight excluding hydrogens is 226 g/mol. The molecule has 18 heavy (non-hydrogen) atoms. The Morgan fingerprint density at radius 2 is 2.06 bits per heavy atom. The molecule has 1 saturated heterocycles. The lowest BCUT2D eigenvalue weighted by molar-refractivity contribution is -0.120. The Kier molecular flexibility index (Phi) is 4.73. The minimum Gasteiger partial charge on any atom is -0.325 e. The summed E-state index contributed by atoms with van der Waals surface area (Å²) in [5.41, 5.74) is 0.863. The van der Waals surface area contributed by atoms with E-state index in [0.29, 0.717) is 0 Å². The second-order valence-corrected chi connectivity index (χ2v) is 4.67. The lowest BCUT2D eigenvalue weighted by Crippen LogP contribution is -2.43. The van der Waals surface area contributed by atoms with Gasteiger partial charge in [0.05, 0.1) is 6.04 Å². The zero-order valence-corrected chi connectivity index (χ0v) is 10.9. The topological polar surface area (TPSA) is 44.4 Å². The molecule has 2 rings (SSSR count). The van der Waals surface area contributed by atoms with Crippen LogP contribution < -0.4 is 10.6 Å². The Hall–Kier alpha value is -1.39. The van der Waals surface area contributed by atoms with Crippen molar-refractivity contribution in [3.05, 3.63) is 30.3 Å². The van der Waals surface area contributed by atoms with Gasteiger partial charge in [-0.1, -0.05) is 18.2 Å². The van der Waals surface area contributed by atoms with Crippen molar-refractivity contribution in [2.24, 2.45) is 0 Å². The van der Waals surface area contributed by atoms with Gasteiger partial charge in [0.25, 0.3) is 0 Å². The van der Waals surface area contributed by atoms with Gasteiger partial charge in [-0.3, -0.25) is 9.69 Å². The van der Waals surface area contributed by atoms with Crippen molar-refractivity contribution in [2.45, 2.75) is 19.4 Å². The highest BCUT2D eigenvalue weighted by Crippen LogP contribution is 2.09. The molecule has 0 aliphatic carbocycles. The van der Waals surface area contributed by atoms with E-state index in [2.05, 4.69) is 15.5 Å². The highest BCUT2D eigenvalue weighted by Gasteiger charge is 2.21. The van der Waals surface area contributed by atoms with E-state index >= 15 is 0 Å². The normalized spacial score (nSPS) is 18.9. The number of para-hydroxylation sites is 1. The smallest absolute Gasteiger partial charge is 0.241 e.